The van der Waals surface area contributed by atoms with E-state index in [1.54, 1.807) is 38.2 Å². The van der Waals surface area contributed by atoms with Crippen molar-refractivity contribution in [3.05, 3.63) is 52.5 Å². The smallest absolute Gasteiger partial charge is 0.387 e. The molecule has 2 rings (SSSR count). The number of ether oxygens (including phenoxy) is 2. The number of halogens is 3. The summed E-state index contributed by atoms with van der Waals surface area (Å²) in [5, 5.41) is 3.42. The number of benzene rings is 2. The van der Waals surface area contributed by atoms with Gasteiger partial charge in [0, 0.05) is 17.3 Å². The van der Waals surface area contributed by atoms with Gasteiger partial charge in [-0.1, -0.05) is 23.7 Å². The highest BCUT2D eigenvalue weighted by molar-refractivity contribution is 6.31. The van der Waals surface area contributed by atoms with Gasteiger partial charge >= 0.3 is 6.61 Å². The van der Waals surface area contributed by atoms with Crippen LogP contribution in [0, 0.1) is 6.92 Å². The van der Waals surface area contributed by atoms with Crippen molar-refractivity contribution in [1.29, 1.82) is 0 Å². The second-order valence-corrected chi connectivity index (χ2v) is 6.84. The van der Waals surface area contributed by atoms with Crippen LogP contribution in [0.1, 0.15) is 18.1 Å². The van der Waals surface area contributed by atoms with E-state index >= 15 is 0 Å². The topological polar surface area (TPSA) is 50.8 Å². The van der Waals surface area contributed by atoms with Crippen molar-refractivity contribution >= 4 is 23.2 Å². The van der Waals surface area contributed by atoms with E-state index in [0.29, 0.717) is 17.3 Å². The lowest BCUT2D eigenvalue weighted by Crippen LogP contribution is -2.39. The molecule has 0 aromatic heterocycles. The summed E-state index contributed by atoms with van der Waals surface area (Å²) in [6.07, 6.45) is 0. The highest BCUT2D eigenvalue weighted by atomic mass is 35.5. The summed E-state index contributed by atoms with van der Waals surface area (Å²) < 4.78 is 34.4. The van der Waals surface area contributed by atoms with Crippen molar-refractivity contribution in [2.24, 2.45) is 0 Å². The third-order valence-corrected chi connectivity index (χ3v) is 4.61. The summed E-state index contributed by atoms with van der Waals surface area (Å²) in [5.41, 5.74) is 2.36. The van der Waals surface area contributed by atoms with Crippen LogP contribution in [-0.2, 0) is 11.3 Å². The fourth-order valence-corrected chi connectivity index (χ4v) is 2.77. The third-order valence-electron chi connectivity index (χ3n) is 4.37. The summed E-state index contributed by atoms with van der Waals surface area (Å²) in [6.45, 7) is 1.14. The van der Waals surface area contributed by atoms with Crippen LogP contribution in [0.3, 0.4) is 0 Å². The molecule has 2 aromatic rings. The Labute approximate surface area is 168 Å². The van der Waals surface area contributed by atoms with Crippen LogP contribution in [0.2, 0.25) is 5.02 Å². The molecule has 0 aliphatic rings. The summed E-state index contributed by atoms with van der Waals surface area (Å²) in [5.74, 6) is -0.0125. The Kier molecular flexibility index (Phi) is 7.60. The molecule has 1 N–H and O–H groups in total. The number of hydrogen-bond donors (Lipinski definition) is 1. The molecule has 1 atom stereocenters. The number of likely N-dealkylation sites (N-methyl/N-ethyl adjacent to an activating group) is 1. The Morgan fingerprint density at radius 2 is 1.93 bits per heavy atom. The van der Waals surface area contributed by atoms with Crippen LogP contribution >= 0.6 is 11.6 Å². The number of rotatable bonds is 8. The molecule has 152 valence electrons. The molecule has 8 heteroatoms. The van der Waals surface area contributed by atoms with Gasteiger partial charge in [0.25, 0.3) is 0 Å². The molecule has 28 heavy (non-hydrogen) atoms. The van der Waals surface area contributed by atoms with E-state index in [2.05, 4.69) is 10.1 Å². The number of aryl methyl sites for hydroxylation is 1. The Hall–Kier alpha value is -2.38. The predicted octanol–water partition coefficient (Wildman–Crippen LogP) is 4.72. The normalized spacial score (nSPS) is 12.2. The highest BCUT2D eigenvalue weighted by Crippen LogP contribution is 2.30. The van der Waals surface area contributed by atoms with Crippen LogP contribution in [0.5, 0.6) is 11.5 Å². The monoisotopic (exact) mass is 412 g/mol. The molecule has 0 aliphatic heterocycles. The number of carbonyl (C=O) groups is 1. The van der Waals surface area contributed by atoms with E-state index in [0.717, 1.165) is 11.1 Å². The van der Waals surface area contributed by atoms with Crippen molar-refractivity contribution < 1.29 is 23.0 Å². The van der Waals surface area contributed by atoms with Crippen molar-refractivity contribution in [2.45, 2.75) is 33.0 Å². The number of amides is 1. The molecule has 0 heterocycles. The lowest BCUT2D eigenvalue weighted by Gasteiger charge is -2.24. The summed E-state index contributed by atoms with van der Waals surface area (Å²) in [7, 11) is 3.18. The molecule has 0 spiro atoms. The van der Waals surface area contributed by atoms with Crippen LogP contribution in [0.15, 0.2) is 36.4 Å². The Morgan fingerprint density at radius 1 is 1.21 bits per heavy atom. The maximum absolute atomic E-state index is 12.6. The number of anilines is 1. The fourth-order valence-electron chi connectivity index (χ4n) is 2.59. The van der Waals surface area contributed by atoms with Gasteiger partial charge in [-0.05, 0) is 56.3 Å². The molecule has 0 saturated heterocycles. The summed E-state index contributed by atoms with van der Waals surface area (Å²) in [4.78, 5) is 14.4. The predicted molar refractivity (Wildman–Crippen MR) is 105 cm³/mol. The van der Waals surface area contributed by atoms with E-state index in [1.165, 1.54) is 13.2 Å². The number of hydrogen-bond acceptors (Lipinski definition) is 4. The van der Waals surface area contributed by atoms with Gasteiger partial charge < -0.3 is 14.8 Å². The molecule has 1 amide bonds. The molecular weight excluding hydrogens is 390 g/mol. The highest BCUT2D eigenvalue weighted by Gasteiger charge is 2.20. The van der Waals surface area contributed by atoms with Gasteiger partial charge in [-0.2, -0.15) is 8.78 Å². The van der Waals surface area contributed by atoms with Gasteiger partial charge in [-0.3, -0.25) is 9.69 Å². The van der Waals surface area contributed by atoms with Crippen LogP contribution < -0.4 is 14.8 Å². The molecule has 0 fully saturated rings. The summed E-state index contributed by atoms with van der Waals surface area (Å²) in [6, 6.07) is 9.55. The van der Waals surface area contributed by atoms with Crippen molar-refractivity contribution in [2.75, 3.05) is 19.5 Å². The minimum absolute atomic E-state index is 0.0360. The molecule has 5 nitrogen and oxygen atoms in total. The largest absolute Gasteiger partial charge is 0.493 e. The average Bonchev–Trinajstić information content (AvgIpc) is 2.64. The molecule has 0 saturated carbocycles. The van der Waals surface area contributed by atoms with Gasteiger partial charge in [0.05, 0.1) is 13.2 Å². The minimum Gasteiger partial charge on any atom is -0.493 e. The number of carbonyl (C=O) groups excluding carboxylic acids is 1. The van der Waals surface area contributed by atoms with E-state index in [-0.39, 0.29) is 17.4 Å². The second kappa shape index (κ2) is 9.71. The first kappa shape index (κ1) is 21.9. The number of methoxy groups -OCH3 is 1. The van der Waals surface area contributed by atoms with Crippen molar-refractivity contribution in [3.63, 3.8) is 0 Å². The van der Waals surface area contributed by atoms with E-state index in [1.807, 2.05) is 17.9 Å². The van der Waals surface area contributed by atoms with Gasteiger partial charge in [0.2, 0.25) is 5.91 Å². The molecule has 0 aliphatic carbocycles. The second-order valence-electron chi connectivity index (χ2n) is 6.40. The zero-order chi connectivity index (χ0) is 20.8. The first-order chi connectivity index (χ1) is 13.2. The van der Waals surface area contributed by atoms with Gasteiger partial charge in [-0.15, -0.1) is 0 Å². The van der Waals surface area contributed by atoms with Gasteiger partial charge in [0.1, 0.15) is 0 Å². The Balaban J connectivity index is 2.05. The van der Waals surface area contributed by atoms with Crippen molar-refractivity contribution in [3.8, 4) is 11.5 Å². The maximum Gasteiger partial charge on any atom is 0.387 e. The van der Waals surface area contributed by atoms with Crippen LogP contribution in [0.4, 0.5) is 14.5 Å². The summed E-state index contributed by atoms with van der Waals surface area (Å²) >= 11 is 5.99. The van der Waals surface area contributed by atoms with E-state index < -0.39 is 12.7 Å². The van der Waals surface area contributed by atoms with Crippen LogP contribution in [-0.4, -0.2) is 37.6 Å². The zero-order valence-corrected chi connectivity index (χ0v) is 16.9. The van der Waals surface area contributed by atoms with Gasteiger partial charge in [0.15, 0.2) is 11.5 Å². The Morgan fingerprint density at radius 3 is 2.57 bits per heavy atom. The fraction of sp³-hybridized carbons (Fsp3) is 0.350. The molecule has 0 bridgehead atoms. The van der Waals surface area contributed by atoms with E-state index in [9.17, 15) is 13.6 Å². The Bertz CT molecular complexity index is 833. The van der Waals surface area contributed by atoms with Gasteiger partial charge in [-0.25, -0.2) is 0 Å². The zero-order valence-electron chi connectivity index (χ0n) is 16.1. The third kappa shape index (κ3) is 5.81. The van der Waals surface area contributed by atoms with Crippen LogP contribution in [0.25, 0.3) is 0 Å². The first-order valence-electron chi connectivity index (χ1n) is 8.60. The lowest BCUT2D eigenvalue weighted by atomic mass is 10.1. The standard InChI is InChI=1S/C20H23ClF2N2O3/c1-12-5-7-15(21)10-16(12)24-19(26)13(2)25(3)11-14-6-8-17(28-20(22)23)18(9-14)27-4/h5-10,13,20H,11H2,1-4H3,(H,24,26). The molecule has 1 unspecified atom stereocenters. The molecule has 0 radical (unpaired) electrons. The van der Waals surface area contributed by atoms with E-state index in [4.69, 9.17) is 16.3 Å². The average molecular weight is 413 g/mol. The molecular formula is C20H23ClF2N2O3. The lowest BCUT2D eigenvalue weighted by molar-refractivity contribution is -0.120. The quantitative estimate of drug-likeness (QED) is 0.681. The number of nitrogens with zero attached hydrogens (tertiary/aromatic N) is 1. The first-order valence-corrected chi connectivity index (χ1v) is 8.98. The SMILES string of the molecule is COc1cc(CN(C)C(C)C(=O)Nc2cc(Cl)ccc2C)ccc1OC(F)F. The maximum atomic E-state index is 12.6. The number of nitrogens with one attached hydrogen (secondary N) is 1. The number of alkyl halides is 2. The van der Waals surface area contributed by atoms with Crippen molar-refractivity contribution in [1.82, 2.24) is 4.90 Å². The minimum atomic E-state index is -2.93. The molecule has 2 aromatic carbocycles.